The van der Waals surface area contributed by atoms with Crippen molar-refractivity contribution in [2.75, 3.05) is 0 Å². The van der Waals surface area contributed by atoms with E-state index in [1.54, 1.807) is 0 Å². The molecular formula is C5H8F2O. The number of hydrogen-bond donors (Lipinski definition) is 0. The summed E-state index contributed by atoms with van der Waals surface area (Å²) < 4.78 is 23.7. The minimum Gasteiger partial charge on any atom is -0.209 e. The molecular weight excluding hydrogens is 114 g/mol. The second-order valence-corrected chi connectivity index (χ2v) is 2.17. The van der Waals surface area contributed by atoms with Gasteiger partial charge in [0.05, 0.1) is 0 Å². The van der Waals surface area contributed by atoms with Crippen molar-refractivity contribution in [3.05, 3.63) is 0 Å². The van der Waals surface area contributed by atoms with Crippen LogP contribution in [0.15, 0.2) is 0 Å². The van der Waals surface area contributed by atoms with Crippen molar-refractivity contribution in [3.63, 3.8) is 0 Å². The molecule has 0 heterocycles. The molecule has 3 heteroatoms. The highest BCUT2D eigenvalue weighted by Gasteiger charge is 2.35. The molecule has 1 saturated carbocycles. The molecule has 0 radical (unpaired) electrons. The molecule has 0 bridgehead atoms. The normalized spacial score (nSPS) is 26.2. The Kier molecular flexibility index (Phi) is 1.47. The van der Waals surface area contributed by atoms with Crippen LogP contribution in [0.25, 0.3) is 0 Å². The van der Waals surface area contributed by atoms with Gasteiger partial charge < -0.3 is 0 Å². The highest BCUT2D eigenvalue weighted by molar-refractivity contribution is 4.73. The summed E-state index contributed by atoms with van der Waals surface area (Å²) in [6, 6.07) is 0. The van der Waals surface area contributed by atoms with E-state index in [4.69, 9.17) is 0 Å². The Morgan fingerprint density at radius 3 is 2.00 bits per heavy atom. The van der Waals surface area contributed by atoms with Crippen LogP contribution in [0.1, 0.15) is 25.7 Å². The molecule has 1 rings (SSSR count). The smallest absolute Gasteiger partial charge is 0.209 e. The average Bonchev–Trinajstić information content (AvgIpc) is 2.17. The van der Waals surface area contributed by atoms with Gasteiger partial charge in [0.2, 0.25) is 5.85 Å². The predicted octanol–water partition coefficient (Wildman–Crippen LogP) is 2.13. The van der Waals surface area contributed by atoms with Crippen molar-refractivity contribution < 1.29 is 13.9 Å². The van der Waals surface area contributed by atoms with Crippen molar-refractivity contribution >= 4 is 0 Å². The lowest BCUT2D eigenvalue weighted by Crippen LogP contribution is -2.17. The first-order valence-corrected chi connectivity index (χ1v) is 2.75. The minimum atomic E-state index is -1.93. The summed E-state index contributed by atoms with van der Waals surface area (Å²) in [5, 5.41) is 0. The van der Waals surface area contributed by atoms with Crippen LogP contribution in [0.4, 0.5) is 8.92 Å². The summed E-state index contributed by atoms with van der Waals surface area (Å²) in [6.07, 6.45) is 1.90. The Labute approximate surface area is 46.5 Å². The maximum absolute atomic E-state index is 12.4. The Balaban J connectivity index is 2.40. The fourth-order valence-electron chi connectivity index (χ4n) is 0.980. The standard InChI is InChI=1S/C5H8F2O/c6-5(8-7)3-1-2-4-5/h1-4H2. The van der Waals surface area contributed by atoms with Crippen molar-refractivity contribution in [1.82, 2.24) is 0 Å². The zero-order chi connectivity index (χ0) is 6.04. The third kappa shape index (κ3) is 0.968. The molecule has 1 fully saturated rings. The van der Waals surface area contributed by atoms with Crippen molar-refractivity contribution in [3.8, 4) is 0 Å². The molecule has 48 valence electrons. The third-order valence-electron chi connectivity index (χ3n) is 1.49. The molecule has 1 nitrogen and oxygen atoms in total. The summed E-state index contributed by atoms with van der Waals surface area (Å²) in [5.41, 5.74) is 0. The summed E-state index contributed by atoms with van der Waals surface area (Å²) in [7, 11) is 0. The van der Waals surface area contributed by atoms with Gasteiger partial charge in [-0.25, -0.2) is 4.39 Å². The fourth-order valence-corrected chi connectivity index (χ4v) is 0.980. The van der Waals surface area contributed by atoms with Gasteiger partial charge in [-0.05, 0) is 17.4 Å². The molecule has 1 aliphatic rings. The highest BCUT2D eigenvalue weighted by atomic mass is 19.3. The molecule has 8 heavy (non-hydrogen) atoms. The van der Waals surface area contributed by atoms with Crippen LogP contribution in [-0.4, -0.2) is 5.85 Å². The lowest BCUT2D eigenvalue weighted by Gasteiger charge is -2.09. The monoisotopic (exact) mass is 122 g/mol. The zero-order valence-electron chi connectivity index (χ0n) is 4.49. The van der Waals surface area contributed by atoms with Crippen LogP contribution in [0.2, 0.25) is 0 Å². The molecule has 0 atom stereocenters. The van der Waals surface area contributed by atoms with Gasteiger partial charge in [0.25, 0.3) is 0 Å². The SMILES string of the molecule is FOC1(F)CCCC1. The summed E-state index contributed by atoms with van der Waals surface area (Å²) in [5.74, 6) is -1.93. The van der Waals surface area contributed by atoms with Crippen molar-refractivity contribution in [1.29, 1.82) is 0 Å². The maximum atomic E-state index is 12.4. The number of halogens is 2. The summed E-state index contributed by atoms with van der Waals surface area (Å²) in [6.45, 7) is 0. The molecule has 0 unspecified atom stereocenters. The quantitative estimate of drug-likeness (QED) is 0.517. The second kappa shape index (κ2) is 1.97. The van der Waals surface area contributed by atoms with Gasteiger partial charge in [0.1, 0.15) is 0 Å². The van der Waals surface area contributed by atoms with E-state index in [1.807, 2.05) is 0 Å². The summed E-state index contributed by atoms with van der Waals surface area (Å²) >= 11 is 0. The van der Waals surface area contributed by atoms with Gasteiger partial charge >= 0.3 is 0 Å². The number of hydrogen-bond acceptors (Lipinski definition) is 1. The largest absolute Gasteiger partial charge is 0.246 e. The van der Waals surface area contributed by atoms with Crippen molar-refractivity contribution in [2.45, 2.75) is 31.5 Å². The van der Waals surface area contributed by atoms with Gasteiger partial charge in [-0.3, -0.25) is 0 Å². The Morgan fingerprint density at radius 1 is 1.25 bits per heavy atom. The molecule has 1 aliphatic carbocycles. The van der Waals surface area contributed by atoms with Crippen LogP contribution < -0.4 is 0 Å². The number of alkyl halides is 1. The third-order valence-corrected chi connectivity index (χ3v) is 1.49. The fraction of sp³-hybridized carbons (Fsp3) is 1.00. The zero-order valence-corrected chi connectivity index (χ0v) is 4.49. The predicted molar refractivity (Wildman–Crippen MR) is 24.5 cm³/mol. The molecule has 0 aromatic carbocycles. The molecule has 0 spiro atoms. The Hall–Kier alpha value is -0.180. The molecule has 0 N–H and O–H groups in total. The van der Waals surface area contributed by atoms with E-state index in [0.29, 0.717) is 0 Å². The van der Waals surface area contributed by atoms with E-state index in [0.717, 1.165) is 12.8 Å². The van der Waals surface area contributed by atoms with E-state index in [-0.39, 0.29) is 12.8 Å². The van der Waals surface area contributed by atoms with E-state index in [1.165, 1.54) is 0 Å². The van der Waals surface area contributed by atoms with Crippen LogP contribution in [0.3, 0.4) is 0 Å². The van der Waals surface area contributed by atoms with Crippen LogP contribution >= 0.6 is 0 Å². The highest BCUT2D eigenvalue weighted by Crippen LogP contribution is 2.34. The first kappa shape index (κ1) is 5.95. The first-order valence-electron chi connectivity index (χ1n) is 2.75. The molecule has 0 aromatic heterocycles. The minimum absolute atomic E-state index is 0.212. The number of rotatable bonds is 1. The van der Waals surface area contributed by atoms with E-state index in [9.17, 15) is 8.92 Å². The molecule has 0 aliphatic heterocycles. The maximum Gasteiger partial charge on any atom is 0.246 e. The van der Waals surface area contributed by atoms with Gasteiger partial charge in [-0.1, -0.05) is 0 Å². The van der Waals surface area contributed by atoms with E-state index >= 15 is 0 Å². The van der Waals surface area contributed by atoms with E-state index in [2.05, 4.69) is 4.94 Å². The first-order chi connectivity index (χ1) is 3.77. The molecule has 0 aromatic rings. The Bertz CT molecular complexity index is 78.5. The van der Waals surface area contributed by atoms with Gasteiger partial charge in [-0.2, -0.15) is 4.94 Å². The van der Waals surface area contributed by atoms with Gasteiger partial charge in [0.15, 0.2) is 0 Å². The lowest BCUT2D eigenvalue weighted by molar-refractivity contribution is -0.289. The second-order valence-electron chi connectivity index (χ2n) is 2.17. The van der Waals surface area contributed by atoms with Crippen LogP contribution in [0.5, 0.6) is 0 Å². The van der Waals surface area contributed by atoms with Crippen molar-refractivity contribution in [2.24, 2.45) is 0 Å². The lowest BCUT2D eigenvalue weighted by atomic mass is 10.3. The van der Waals surface area contributed by atoms with Gasteiger partial charge in [0, 0.05) is 12.8 Å². The topological polar surface area (TPSA) is 9.23 Å². The summed E-state index contributed by atoms with van der Waals surface area (Å²) in [4.78, 5) is 3.13. The molecule has 0 amide bonds. The Morgan fingerprint density at radius 2 is 1.75 bits per heavy atom. The average molecular weight is 122 g/mol. The van der Waals surface area contributed by atoms with Crippen LogP contribution in [-0.2, 0) is 4.94 Å². The van der Waals surface area contributed by atoms with Crippen LogP contribution in [0, 0.1) is 0 Å². The van der Waals surface area contributed by atoms with Gasteiger partial charge in [-0.15, -0.1) is 0 Å². The van der Waals surface area contributed by atoms with E-state index < -0.39 is 5.85 Å². The molecule has 0 saturated heterocycles.